The maximum Gasteiger partial charge on any atom is 0.143 e. The first-order valence-electron chi connectivity index (χ1n) is 14.0. The van der Waals surface area contributed by atoms with Gasteiger partial charge in [0.15, 0.2) is 0 Å². The fourth-order valence-corrected chi connectivity index (χ4v) is 6.70. The average molecular weight is 522 g/mol. The Balaban J connectivity index is 1.41. The molecule has 0 saturated heterocycles. The molecule has 190 valence electrons. The predicted octanol–water partition coefficient (Wildman–Crippen LogP) is 10.8. The second kappa shape index (κ2) is 8.51. The summed E-state index contributed by atoms with van der Waals surface area (Å²) < 4.78 is 6.45. The number of para-hydroxylation sites is 2. The third-order valence-corrected chi connectivity index (χ3v) is 8.51. The Kier molecular flexibility index (Phi) is 4.64. The maximum atomic E-state index is 6.45. The van der Waals surface area contributed by atoms with Crippen LogP contribution in [0.3, 0.4) is 0 Å². The number of nitrogens with zero attached hydrogens (tertiary/aromatic N) is 1. The molecule has 2 aromatic heterocycles. The lowest BCUT2D eigenvalue weighted by Gasteiger charge is -2.24. The van der Waals surface area contributed by atoms with Crippen molar-refractivity contribution in [2.24, 2.45) is 0 Å². The van der Waals surface area contributed by atoms with Gasteiger partial charge in [0, 0.05) is 27.9 Å². The number of pyridine rings is 1. The summed E-state index contributed by atoms with van der Waals surface area (Å²) in [6.45, 7) is 0. The first-order chi connectivity index (χ1) is 20.3. The lowest BCUT2D eigenvalue weighted by Crippen LogP contribution is -1.98. The highest BCUT2D eigenvalue weighted by atomic mass is 16.3. The topological polar surface area (TPSA) is 26.0 Å². The molecule has 6 aromatic carbocycles. The molecule has 0 aliphatic heterocycles. The zero-order valence-corrected chi connectivity index (χ0v) is 22.1. The second-order valence-electron chi connectivity index (χ2n) is 10.7. The van der Waals surface area contributed by atoms with Gasteiger partial charge in [0.1, 0.15) is 11.2 Å². The van der Waals surface area contributed by atoms with Crippen molar-refractivity contribution in [1.29, 1.82) is 0 Å². The quantitative estimate of drug-likeness (QED) is 0.215. The van der Waals surface area contributed by atoms with Crippen molar-refractivity contribution < 1.29 is 4.42 Å². The van der Waals surface area contributed by atoms with Crippen LogP contribution in [0, 0.1) is 0 Å². The molecule has 41 heavy (non-hydrogen) atoms. The summed E-state index contributed by atoms with van der Waals surface area (Å²) in [7, 11) is 0. The van der Waals surface area contributed by atoms with Gasteiger partial charge in [0.2, 0.25) is 0 Å². The minimum Gasteiger partial charge on any atom is -0.455 e. The summed E-state index contributed by atoms with van der Waals surface area (Å²) in [5.41, 5.74) is 14.9. The molecule has 1 aliphatic rings. The lowest BCUT2D eigenvalue weighted by molar-refractivity contribution is 0.670. The number of hydrogen-bond acceptors (Lipinski definition) is 2. The van der Waals surface area contributed by atoms with Crippen LogP contribution in [0.1, 0.15) is 0 Å². The van der Waals surface area contributed by atoms with Crippen LogP contribution < -0.4 is 0 Å². The van der Waals surface area contributed by atoms with Crippen molar-refractivity contribution in [2.75, 3.05) is 0 Å². The fraction of sp³-hybridized carbons (Fsp3) is 0. The van der Waals surface area contributed by atoms with E-state index in [1.54, 1.807) is 0 Å². The molecule has 0 saturated carbocycles. The van der Waals surface area contributed by atoms with Crippen molar-refractivity contribution in [3.63, 3.8) is 0 Å². The molecule has 0 unspecified atom stereocenters. The Morgan fingerprint density at radius 3 is 1.90 bits per heavy atom. The molecule has 0 atom stereocenters. The minimum absolute atomic E-state index is 0.913. The van der Waals surface area contributed by atoms with Crippen LogP contribution in [-0.4, -0.2) is 4.98 Å². The van der Waals surface area contributed by atoms with Gasteiger partial charge in [0.25, 0.3) is 0 Å². The van der Waals surface area contributed by atoms with E-state index in [4.69, 9.17) is 9.40 Å². The van der Waals surface area contributed by atoms with E-state index in [2.05, 4.69) is 115 Å². The summed E-state index contributed by atoms with van der Waals surface area (Å²) in [5.74, 6) is 0. The van der Waals surface area contributed by atoms with E-state index in [0.29, 0.717) is 0 Å². The smallest absolute Gasteiger partial charge is 0.143 e. The van der Waals surface area contributed by atoms with E-state index in [1.807, 2.05) is 24.4 Å². The Morgan fingerprint density at radius 1 is 0.415 bits per heavy atom. The molecule has 2 heterocycles. The first-order valence-corrected chi connectivity index (χ1v) is 14.0. The van der Waals surface area contributed by atoms with E-state index in [1.165, 1.54) is 44.5 Å². The van der Waals surface area contributed by atoms with Crippen molar-refractivity contribution in [3.8, 4) is 55.6 Å². The van der Waals surface area contributed by atoms with E-state index >= 15 is 0 Å². The highest BCUT2D eigenvalue weighted by Crippen LogP contribution is 2.50. The molecular formula is C39H23NO. The molecule has 0 fully saturated rings. The standard InChI is InChI=1S/C39H23NO/c1-2-10-27-26(9-1)28-11-3-4-13-31(28)38-32(20-21-36-34(38)16-8-22-40-36)35-23-24(18-19-29(27)35)25-14-7-15-33-30-12-5-6-17-37(30)41-39(25)33/h1-23H. The molecule has 2 nitrogen and oxygen atoms in total. The summed E-state index contributed by atoms with van der Waals surface area (Å²) in [5, 5.41) is 3.44. The average Bonchev–Trinajstić information content (AvgIpc) is 3.42. The summed E-state index contributed by atoms with van der Waals surface area (Å²) >= 11 is 0. The molecule has 2 heteroatoms. The zero-order valence-electron chi connectivity index (χ0n) is 22.1. The number of benzene rings is 6. The number of fused-ring (bicyclic) bond motifs is 13. The van der Waals surface area contributed by atoms with Crippen molar-refractivity contribution >= 4 is 32.8 Å². The Labute approximate surface area is 237 Å². The highest BCUT2D eigenvalue weighted by Gasteiger charge is 2.24. The number of rotatable bonds is 1. The zero-order chi connectivity index (χ0) is 26.9. The summed E-state index contributed by atoms with van der Waals surface area (Å²) in [6.07, 6.45) is 1.87. The van der Waals surface area contributed by atoms with Gasteiger partial charge in [-0.15, -0.1) is 0 Å². The van der Waals surface area contributed by atoms with Crippen LogP contribution in [-0.2, 0) is 0 Å². The van der Waals surface area contributed by atoms with Crippen LogP contribution in [0.2, 0.25) is 0 Å². The van der Waals surface area contributed by atoms with Gasteiger partial charge in [-0.25, -0.2) is 0 Å². The number of aromatic nitrogens is 1. The van der Waals surface area contributed by atoms with E-state index < -0.39 is 0 Å². The van der Waals surface area contributed by atoms with Crippen LogP contribution in [0.15, 0.2) is 144 Å². The van der Waals surface area contributed by atoms with Gasteiger partial charge in [0.05, 0.1) is 5.52 Å². The van der Waals surface area contributed by atoms with E-state index in [-0.39, 0.29) is 0 Å². The Bertz CT molecular complexity index is 2320. The van der Waals surface area contributed by atoms with Gasteiger partial charge in [-0.1, -0.05) is 109 Å². The minimum atomic E-state index is 0.913. The van der Waals surface area contributed by atoms with Gasteiger partial charge in [-0.2, -0.15) is 0 Å². The van der Waals surface area contributed by atoms with Crippen LogP contribution >= 0.6 is 0 Å². The van der Waals surface area contributed by atoms with Gasteiger partial charge < -0.3 is 4.42 Å². The lowest BCUT2D eigenvalue weighted by atomic mass is 9.79. The van der Waals surface area contributed by atoms with Crippen LogP contribution in [0.25, 0.3) is 88.5 Å². The first kappa shape index (κ1) is 22.4. The monoisotopic (exact) mass is 521 g/mol. The van der Waals surface area contributed by atoms with Gasteiger partial charge in [-0.05, 0) is 74.3 Å². The van der Waals surface area contributed by atoms with Crippen molar-refractivity contribution in [3.05, 3.63) is 140 Å². The number of hydrogen-bond donors (Lipinski definition) is 0. The van der Waals surface area contributed by atoms with E-state index in [0.717, 1.165) is 44.0 Å². The Hall–Kier alpha value is -5.47. The second-order valence-corrected chi connectivity index (χ2v) is 10.7. The maximum absolute atomic E-state index is 6.45. The molecule has 8 aromatic rings. The predicted molar refractivity (Wildman–Crippen MR) is 170 cm³/mol. The van der Waals surface area contributed by atoms with Crippen LogP contribution in [0.4, 0.5) is 0 Å². The molecule has 0 spiro atoms. The molecule has 0 bridgehead atoms. The third kappa shape index (κ3) is 3.22. The molecule has 9 rings (SSSR count). The largest absolute Gasteiger partial charge is 0.455 e. The summed E-state index contributed by atoms with van der Waals surface area (Å²) in [4.78, 5) is 4.72. The number of furan rings is 1. The molecule has 0 radical (unpaired) electrons. The van der Waals surface area contributed by atoms with Crippen LogP contribution in [0.5, 0.6) is 0 Å². The molecule has 1 aliphatic carbocycles. The molecule has 0 N–H and O–H groups in total. The van der Waals surface area contributed by atoms with Gasteiger partial charge >= 0.3 is 0 Å². The molecule has 0 amide bonds. The SMILES string of the molecule is c1ccc2c(c1)-c1ccc(-c3cccc4c3oc3ccccc34)cc1-c1ccc3ncccc3c1-c1ccccc1-2. The van der Waals surface area contributed by atoms with Crippen molar-refractivity contribution in [2.45, 2.75) is 0 Å². The normalized spacial score (nSPS) is 11.9. The summed E-state index contributed by atoms with van der Waals surface area (Å²) in [6, 6.07) is 47.8. The van der Waals surface area contributed by atoms with E-state index in [9.17, 15) is 0 Å². The van der Waals surface area contributed by atoms with Gasteiger partial charge in [-0.3, -0.25) is 4.98 Å². The third-order valence-electron chi connectivity index (χ3n) is 8.51. The highest BCUT2D eigenvalue weighted by molar-refractivity contribution is 6.13. The molecular weight excluding hydrogens is 498 g/mol. The van der Waals surface area contributed by atoms with Crippen molar-refractivity contribution in [1.82, 2.24) is 4.98 Å². The fourth-order valence-electron chi connectivity index (χ4n) is 6.70. The Morgan fingerprint density at radius 2 is 1.05 bits per heavy atom.